The van der Waals surface area contributed by atoms with E-state index in [9.17, 15) is 14.4 Å². The van der Waals surface area contributed by atoms with Crippen LogP contribution in [0.4, 0.5) is 0 Å². The minimum Gasteiger partial charge on any atom is -0.480 e. The second-order valence-corrected chi connectivity index (χ2v) is 3.13. The summed E-state index contributed by atoms with van der Waals surface area (Å²) in [7, 11) is 0. The van der Waals surface area contributed by atoms with Gasteiger partial charge in [-0.2, -0.15) is 0 Å². The van der Waals surface area contributed by atoms with E-state index in [1.807, 2.05) is 0 Å². The lowest BCUT2D eigenvalue weighted by Gasteiger charge is -2.15. The highest BCUT2D eigenvalue weighted by atomic mass is 16.4. The van der Waals surface area contributed by atoms with Gasteiger partial charge in [0.05, 0.1) is 6.61 Å². The van der Waals surface area contributed by atoms with Crippen molar-refractivity contribution < 1.29 is 24.6 Å². The number of hydrogen-bond donors (Lipinski definition) is 5. The molecule has 0 fully saturated rings. The molecule has 0 saturated carbocycles. The molecular formula is C8H15N3O5. The van der Waals surface area contributed by atoms with Crippen molar-refractivity contribution in [1.29, 1.82) is 0 Å². The molecule has 0 saturated heterocycles. The highest BCUT2D eigenvalue weighted by Crippen LogP contribution is 1.85. The minimum absolute atomic E-state index is 0.523. The van der Waals surface area contributed by atoms with E-state index in [-0.39, 0.29) is 0 Å². The van der Waals surface area contributed by atoms with Crippen molar-refractivity contribution in [3.05, 3.63) is 0 Å². The molecule has 0 aromatic carbocycles. The van der Waals surface area contributed by atoms with E-state index in [0.717, 1.165) is 0 Å². The maximum absolute atomic E-state index is 11.2. The highest BCUT2D eigenvalue weighted by molar-refractivity contribution is 5.90. The van der Waals surface area contributed by atoms with E-state index in [1.54, 1.807) is 0 Å². The first-order valence-corrected chi connectivity index (χ1v) is 4.54. The Hall–Kier alpha value is -1.67. The number of aliphatic hydroxyl groups is 1. The second-order valence-electron chi connectivity index (χ2n) is 3.13. The molecule has 0 aromatic rings. The Balaban J connectivity index is 4.05. The van der Waals surface area contributed by atoms with Crippen LogP contribution in [0.15, 0.2) is 0 Å². The second kappa shape index (κ2) is 6.75. The number of nitrogens with one attached hydrogen (secondary N) is 2. The Bertz CT molecular complexity index is 281. The monoisotopic (exact) mass is 233 g/mol. The number of hydrogen-bond acceptors (Lipinski definition) is 5. The molecule has 92 valence electrons. The topological polar surface area (TPSA) is 142 Å². The molecule has 0 spiro atoms. The Morgan fingerprint density at radius 2 is 1.88 bits per heavy atom. The Labute approximate surface area is 91.8 Å². The normalized spacial score (nSPS) is 13.7. The smallest absolute Gasteiger partial charge is 0.322 e. The molecule has 6 N–H and O–H groups in total. The number of nitrogens with two attached hydrogens (primary N) is 1. The van der Waals surface area contributed by atoms with Gasteiger partial charge in [-0.15, -0.1) is 0 Å². The SMILES string of the molecule is C[C@H](NC(=O)[C@@H](N)CO)C(=O)NCC(=O)O. The van der Waals surface area contributed by atoms with Crippen molar-refractivity contribution in [3.8, 4) is 0 Å². The third-order valence-corrected chi connectivity index (χ3v) is 1.70. The largest absolute Gasteiger partial charge is 0.480 e. The Kier molecular flexibility index (Phi) is 6.04. The number of amides is 2. The van der Waals surface area contributed by atoms with E-state index in [4.69, 9.17) is 15.9 Å². The van der Waals surface area contributed by atoms with Gasteiger partial charge >= 0.3 is 5.97 Å². The van der Waals surface area contributed by atoms with E-state index in [1.165, 1.54) is 6.92 Å². The number of carboxylic acids is 1. The van der Waals surface area contributed by atoms with Crippen molar-refractivity contribution in [2.75, 3.05) is 13.2 Å². The molecule has 0 aromatic heterocycles. The molecule has 0 aliphatic heterocycles. The first-order valence-electron chi connectivity index (χ1n) is 4.54. The average Bonchev–Trinajstić information content (AvgIpc) is 2.24. The van der Waals surface area contributed by atoms with Crippen molar-refractivity contribution >= 4 is 17.8 Å². The van der Waals surface area contributed by atoms with Gasteiger partial charge in [-0.1, -0.05) is 0 Å². The molecule has 2 amide bonds. The number of rotatable bonds is 6. The average molecular weight is 233 g/mol. The zero-order chi connectivity index (χ0) is 12.7. The van der Waals surface area contributed by atoms with Crippen LogP contribution >= 0.6 is 0 Å². The molecule has 0 aliphatic rings. The van der Waals surface area contributed by atoms with Crippen LogP contribution in [0.25, 0.3) is 0 Å². The van der Waals surface area contributed by atoms with E-state index in [0.29, 0.717) is 0 Å². The number of carbonyl (C=O) groups excluding carboxylic acids is 2. The summed E-state index contributed by atoms with van der Waals surface area (Å²) >= 11 is 0. The van der Waals surface area contributed by atoms with Crippen LogP contribution in [0, 0.1) is 0 Å². The standard InChI is InChI=1S/C8H15N3O5/c1-4(7(15)10-2-6(13)14)11-8(16)5(9)3-12/h4-5,12H,2-3,9H2,1H3,(H,10,15)(H,11,16)(H,13,14)/t4-,5-/m0/s1. The van der Waals surface area contributed by atoms with Gasteiger partial charge in [0.25, 0.3) is 0 Å². The third kappa shape index (κ3) is 5.27. The summed E-state index contributed by atoms with van der Waals surface area (Å²) < 4.78 is 0. The Morgan fingerprint density at radius 3 is 2.31 bits per heavy atom. The van der Waals surface area contributed by atoms with Crippen LogP contribution in [0.3, 0.4) is 0 Å². The summed E-state index contributed by atoms with van der Waals surface area (Å²) in [6, 6.07) is -2.01. The molecule has 0 heterocycles. The molecule has 16 heavy (non-hydrogen) atoms. The van der Waals surface area contributed by atoms with E-state index < -0.39 is 43.0 Å². The number of aliphatic hydroxyl groups excluding tert-OH is 1. The van der Waals surface area contributed by atoms with Crippen molar-refractivity contribution in [2.45, 2.75) is 19.0 Å². The lowest BCUT2D eigenvalue weighted by molar-refractivity contribution is -0.138. The summed E-state index contributed by atoms with van der Waals surface area (Å²) in [5.74, 6) is -2.50. The lowest BCUT2D eigenvalue weighted by atomic mass is 10.2. The fourth-order valence-electron chi connectivity index (χ4n) is 0.785. The van der Waals surface area contributed by atoms with Crippen molar-refractivity contribution in [1.82, 2.24) is 10.6 Å². The van der Waals surface area contributed by atoms with Gasteiger partial charge in [-0.3, -0.25) is 14.4 Å². The van der Waals surface area contributed by atoms with Crippen molar-refractivity contribution in [2.24, 2.45) is 5.73 Å². The number of aliphatic carboxylic acids is 1. The van der Waals surface area contributed by atoms with Crippen LogP contribution in [0.2, 0.25) is 0 Å². The maximum Gasteiger partial charge on any atom is 0.322 e. The molecular weight excluding hydrogens is 218 g/mol. The lowest BCUT2D eigenvalue weighted by Crippen LogP contribution is -2.51. The molecule has 0 aliphatic carbocycles. The predicted octanol–water partition coefficient (Wildman–Crippen LogP) is -2.99. The van der Waals surface area contributed by atoms with Gasteiger partial charge < -0.3 is 26.6 Å². The summed E-state index contributed by atoms with van der Waals surface area (Å²) in [4.78, 5) is 32.5. The predicted molar refractivity (Wildman–Crippen MR) is 53.3 cm³/mol. The Morgan fingerprint density at radius 1 is 1.31 bits per heavy atom. The van der Waals surface area contributed by atoms with Crippen LogP contribution in [0.5, 0.6) is 0 Å². The maximum atomic E-state index is 11.2. The van der Waals surface area contributed by atoms with Gasteiger partial charge in [0.15, 0.2) is 0 Å². The molecule has 0 bridgehead atoms. The molecule has 2 atom stereocenters. The molecule has 0 unspecified atom stereocenters. The first-order chi connectivity index (χ1) is 7.38. The molecule has 0 radical (unpaired) electrons. The first kappa shape index (κ1) is 14.3. The molecule has 8 nitrogen and oxygen atoms in total. The van der Waals surface area contributed by atoms with E-state index in [2.05, 4.69) is 10.6 Å². The zero-order valence-corrected chi connectivity index (χ0v) is 8.77. The minimum atomic E-state index is -1.18. The summed E-state index contributed by atoms with van der Waals surface area (Å²) in [5.41, 5.74) is 5.20. The van der Waals surface area contributed by atoms with Gasteiger partial charge in [-0.05, 0) is 6.92 Å². The number of carboxylic acid groups (broad SMARTS) is 1. The van der Waals surface area contributed by atoms with Gasteiger partial charge in [0, 0.05) is 0 Å². The van der Waals surface area contributed by atoms with Gasteiger partial charge in [-0.25, -0.2) is 0 Å². The van der Waals surface area contributed by atoms with Gasteiger partial charge in [0.1, 0.15) is 18.6 Å². The number of carbonyl (C=O) groups is 3. The summed E-state index contributed by atoms with van der Waals surface area (Å²) in [6.07, 6.45) is 0. The molecule has 8 heteroatoms. The zero-order valence-electron chi connectivity index (χ0n) is 8.77. The highest BCUT2D eigenvalue weighted by Gasteiger charge is 2.19. The summed E-state index contributed by atoms with van der Waals surface area (Å²) in [6.45, 7) is 0.319. The van der Waals surface area contributed by atoms with Crippen LogP contribution in [-0.2, 0) is 14.4 Å². The van der Waals surface area contributed by atoms with Crippen LogP contribution < -0.4 is 16.4 Å². The third-order valence-electron chi connectivity index (χ3n) is 1.70. The van der Waals surface area contributed by atoms with Crippen LogP contribution in [-0.4, -0.2) is 53.2 Å². The van der Waals surface area contributed by atoms with Crippen molar-refractivity contribution in [3.63, 3.8) is 0 Å². The van der Waals surface area contributed by atoms with Gasteiger partial charge in [0.2, 0.25) is 11.8 Å². The fourth-order valence-corrected chi connectivity index (χ4v) is 0.785. The molecule has 0 rings (SSSR count). The quantitative estimate of drug-likeness (QED) is 0.331. The summed E-state index contributed by atoms with van der Waals surface area (Å²) in [5, 5.41) is 21.2. The van der Waals surface area contributed by atoms with Crippen LogP contribution in [0.1, 0.15) is 6.92 Å². The van der Waals surface area contributed by atoms with E-state index >= 15 is 0 Å². The fraction of sp³-hybridized carbons (Fsp3) is 0.625.